The summed E-state index contributed by atoms with van der Waals surface area (Å²) in [6.45, 7) is 2.53. The van der Waals surface area contributed by atoms with E-state index in [2.05, 4.69) is 21.3 Å². The number of thiazole rings is 1. The molecule has 0 aliphatic carbocycles. The van der Waals surface area contributed by atoms with Gasteiger partial charge in [-0.05, 0) is 6.92 Å². The fourth-order valence-electron chi connectivity index (χ4n) is 1.49. The van der Waals surface area contributed by atoms with Crippen LogP contribution in [0.3, 0.4) is 0 Å². The van der Waals surface area contributed by atoms with Gasteiger partial charge in [0.25, 0.3) is 5.56 Å². The minimum absolute atomic E-state index is 0.115. The first-order valence-corrected chi connectivity index (χ1v) is 6.65. The van der Waals surface area contributed by atoms with Crippen molar-refractivity contribution in [3.63, 3.8) is 0 Å². The number of rotatable bonds is 4. The topological polar surface area (TPSA) is 59.8 Å². The number of terminal acetylenes is 1. The first-order valence-electron chi connectivity index (χ1n) is 5.46. The number of halogens is 1. The van der Waals surface area contributed by atoms with Crippen LogP contribution in [0.2, 0.25) is 5.02 Å². The van der Waals surface area contributed by atoms with Crippen LogP contribution in [0, 0.1) is 19.3 Å². The molecule has 0 spiro atoms. The van der Waals surface area contributed by atoms with Crippen molar-refractivity contribution in [1.82, 2.24) is 14.8 Å². The van der Waals surface area contributed by atoms with Crippen LogP contribution in [0.4, 0.5) is 5.69 Å². The predicted octanol–water partition coefficient (Wildman–Crippen LogP) is 1.91. The monoisotopic (exact) mass is 294 g/mol. The van der Waals surface area contributed by atoms with E-state index in [1.807, 2.05) is 6.92 Å². The van der Waals surface area contributed by atoms with E-state index >= 15 is 0 Å². The Morgan fingerprint density at radius 1 is 1.58 bits per heavy atom. The van der Waals surface area contributed by atoms with Crippen molar-refractivity contribution in [2.75, 3.05) is 5.32 Å². The summed E-state index contributed by atoms with van der Waals surface area (Å²) in [5.74, 6) is 2.37. The molecule has 0 saturated carbocycles. The summed E-state index contributed by atoms with van der Waals surface area (Å²) in [7, 11) is 0. The summed E-state index contributed by atoms with van der Waals surface area (Å²) in [5.41, 5.74) is -0.0235. The Balaban J connectivity index is 2.22. The Kier molecular flexibility index (Phi) is 4.20. The van der Waals surface area contributed by atoms with Crippen LogP contribution in [0.25, 0.3) is 0 Å². The minimum Gasteiger partial charge on any atom is -0.374 e. The van der Waals surface area contributed by atoms with E-state index in [1.54, 1.807) is 17.5 Å². The van der Waals surface area contributed by atoms with E-state index in [-0.39, 0.29) is 17.1 Å². The molecule has 98 valence electrons. The molecule has 0 aliphatic heterocycles. The SMILES string of the molecule is C#CCn1ncc(Cl)c(NCc2cnc(C)s2)c1=O. The van der Waals surface area contributed by atoms with Gasteiger partial charge in [0.15, 0.2) is 0 Å². The Morgan fingerprint density at radius 3 is 3.00 bits per heavy atom. The lowest BCUT2D eigenvalue weighted by atomic mass is 10.4. The molecule has 1 N–H and O–H groups in total. The summed E-state index contributed by atoms with van der Waals surface area (Å²) >= 11 is 7.53. The van der Waals surface area contributed by atoms with Crippen molar-refractivity contribution in [2.45, 2.75) is 20.0 Å². The highest BCUT2D eigenvalue weighted by Gasteiger charge is 2.09. The molecular formula is C12H11ClN4OS. The summed E-state index contributed by atoms with van der Waals surface area (Å²) in [6, 6.07) is 0. The molecule has 2 rings (SSSR count). The molecule has 19 heavy (non-hydrogen) atoms. The first kappa shape index (κ1) is 13.6. The van der Waals surface area contributed by atoms with Gasteiger partial charge in [-0.2, -0.15) is 5.10 Å². The number of aromatic nitrogens is 3. The molecule has 0 aromatic carbocycles. The van der Waals surface area contributed by atoms with E-state index in [9.17, 15) is 4.79 Å². The van der Waals surface area contributed by atoms with Crippen LogP contribution in [0.1, 0.15) is 9.88 Å². The zero-order valence-corrected chi connectivity index (χ0v) is 11.8. The second-order valence-electron chi connectivity index (χ2n) is 3.73. The molecule has 0 saturated heterocycles. The second kappa shape index (κ2) is 5.87. The van der Waals surface area contributed by atoms with Crippen molar-refractivity contribution in [3.8, 4) is 12.3 Å². The summed E-state index contributed by atoms with van der Waals surface area (Å²) in [5, 5.41) is 8.13. The average molecular weight is 295 g/mol. The van der Waals surface area contributed by atoms with Crippen LogP contribution < -0.4 is 10.9 Å². The van der Waals surface area contributed by atoms with Gasteiger partial charge in [0.05, 0.1) is 22.8 Å². The Bertz CT molecular complexity index is 686. The largest absolute Gasteiger partial charge is 0.374 e. The molecule has 0 fully saturated rings. The molecule has 2 aromatic heterocycles. The first-order chi connectivity index (χ1) is 9.11. The minimum atomic E-state index is -0.327. The zero-order chi connectivity index (χ0) is 13.8. The van der Waals surface area contributed by atoms with Gasteiger partial charge in [-0.15, -0.1) is 17.8 Å². The van der Waals surface area contributed by atoms with Gasteiger partial charge in [-0.3, -0.25) is 4.79 Å². The van der Waals surface area contributed by atoms with Gasteiger partial charge < -0.3 is 5.32 Å². The standard InChI is InChI=1S/C12H11ClN4OS/c1-3-4-17-12(18)11(10(13)7-16-17)15-6-9-5-14-8(2)19-9/h1,5,7,15H,4,6H2,2H3. The van der Waals surface area contributed by atoms with E-state index in [0.717, 1.165) is 9.88 Å². The van der Waals surface area contributed by atoms with Crippen molar-refractivity contribution in [1.29, 1.82) is 0 Å². The van der Waals surface area contributed by atoms with Crippen LogP contribution in [0.15, 0.2) is 17.2 Å². The van der Waals surface area contributed by atoms with E-state index < -0.39 is 0 Å². The predicted molar refractivity (Wildman–Crippen MR) is 76.5 cm³/mol. The molecule has 0 unspecified atom stereocenters. The van der Waals surface area contributed by atoms with Gasteiger partial charge in [0.2, 0.25) is 0 Å². The van der Waals surface area contributed by atoms with Crippen molar-refractivity contribution >= 4 is 28.6 Å². The second-order valence-corrected chi connectivity index (χ2v) is 5.46. The van der Waals surface area contributed by atoms with Crippen LogP contribution in [-0.4, -0.2) is 14.8 Å². The molecule has 0 radical (unpaired) electrons. The maximum absolute atomic E-state index is 12.1. The summed E-state index contributed by atoms with van der Waals surface area (Å²) < 4.78 is 1.19. The molecule has 0 aliphatic rings. The number of hydrogen-bond acceptors (Lipinski definition) is 5. The molecule has 7 heteroatoms. The molecule has 0 amide bonds. The Labute approximate surface area is 119 Å². The van der Waals surface area contributed by atoms with Crippen LogP contribution >= 0.6 is 22.9 Å². The highest BCUT2D eigenvalue weighted by Crippen LogP contribution is 2.18. The third-order valence-electron chi connectivity index (χ3n) is 2.35. The molecular weight excluding hydrogens is 284 g/mol. The number of nitrogens with one attached hydrogen (secondary N) is 1. The lowest BCUT2D eigenvalue weighted by Gasteiger charge is -2.08. The molecule has 2 aromatic rings. The molecule has 2 heterocycles. The normalized spacial score (nSPS) is 10.2. The third-order valence-corrected chi connectivity index (χ3v) is 3.55. The Morgan fingerprint density at radius 2 is 2.37 bits per heavy atom. The number of aryl methyl sites for hydroxylation is 1. The smallest absolute Gasteiger partial charge is 0.292 e. The van der Waals surface area contributed by atoms with Crippen molar-refractivity contribution in [2.24, 2.45) is 0 Å². The average Bonchev–Trinajstić information content (AvgIpc) is 2.79. The van der Waals surface area contributed by atoms with Crippen LogP contribution in [0.5, 0.6) is 0 Å². The van der Waals surface area contributed by atoms with E-state index in [4.69, 9.17) is 18.0 Å². The lowest BCUT2D eigenvalue weighted by molar-refractivity contribution is 0.664. The molecule has 0 bridgehead atoms. The van der Waals surface area contributed by atoms with Gasteiger partial charge in [0.1, 0.15) is 12.2 Å². The van der Waals surface area contributed by atoms with Gasteiger partial charge in [-0.1, -0.05) is 17.5 Å². The quantitative estimate of drug-likeness (QED) is 0.875. The molecule has 0 atom stereocenters. The Hall–Kier alpha value is -1.84. The molecule has 5 nitrogen and oxygen atoms in total. The summed E-state index contributed by atoms with van der Waals surface area (Å²) in [6.07, 6.45) is 8.34. The fourth-order valence-corrected chi connectivity index (χ4v) is 2.42. The van der Waals surface area contributed by atoms with E-state index in [0.29, 0.717) is 12.2 Å². The number of hydrogen-bond donors (Lipinski definition) is 1. The third kappa shape index (κ3) is 3.13. The summed E-state index contributed by atoms with van der Waals surface area (Å²) in [4.78, 5) is 17.2. The lowest BCUT2D eigenvalue weighted by Crippen LogP contribution is -2.25. The highest BCUT2D eigenvalue weighted by atomic mass is 35.5. The number of nitrogens with zero attached hydrogens (tertiary/aromatic N) is 3. The van der Waals surface area contributed by atoms with Gasteiger partial charge in [-0.25, -0.2) is 9.67 Å². The van der Waals surface area contributed by atoms with Crippen molar-refractivity contribution in [3.05, 3.63) is 37.7 Å². The zero-order valence-electron chi connectivity index (χ0n) is 10.2. The number of anilines is 1. The van der Waals surface area contributed by atoms with Gasteiger partial charge in [0, 0.05) is 11.1 Å². The fraction of sp³-hybridized carbons (Fsp3) is 0.250. The maximum atomic E-state index is 12.1. The van der Waals surface area contributed by atoms with E-state index in [1.165, 1.54) is 10.9 Å². The van der Waals surface area contributed by atoms with Crippen molar-refractivity contribution < 1.29 is 0 Å². The van der Waals surface area contributed by atoms with Crippen LogP contribution in [-0.2, 0) is 13.1 Å². The maximum Gasteiger partial charge on any atom is 0.292 e. The highest BCUT2D eigenvalue weighted by molar-refractivity contribution is 7.11. The van der Waals surface area contributed by atoms with Gasteiger partial charge >= 0.3 is 0 Å².